The first-order chi connectivity index (χ1) is 12.1. The topological polar surface area (TPSA) is 151 Å². The summed E-state index contributed by atoms with van der Waals surface area (Å²) >= 11 is 0. The van der Waals surface area contributed by atoms with E-state index in [1.807, 2.05) is 6.92 Å². The van der Waals surface area contributed by atoms with Crippen molar-refractivity contribution in [1.82, 2.24) is 9.55 Å². The molecule has 2 aromatic rings. The van der Waals surface area contributed by atoms with E-state index in [9.17, 15) is 18.0 Å². The van der Waals surface area contributed by atoms with Crippen LogP contribution >= 0.6 is 0 Å². The largest absolute Gasteiger partial charge is 0.477 e. The molecule has 2 heterocycles. The van der Waals surface area contributed by atoms with E-state index in [-0.39, 0.29) is 12.2 Å². The third kappa shape index (κ3) is 4.86. The van der Waals surface area contributed by atoms with E-state index in [0.29, 0.717) is 18.7 Å². The predicted octanol–water partition coefficient (Wildman–Crippen LogP) is 0.397. The lowest BCUT2D eigenvalue weighted by Gasteiger charge is -2.01. The van der Waals surface area contributed by atoms with E-state index in [4.69, 9.17) is 14.8 Å². The van der Waals surface area contributed by atoms with Gasteiger partial charge in [0, 0.05) is 25.0 Å². The molecule has 11 heteroatoms. The molecule has 0 atom stereocenters. The number of aryl methyl sites for hydroxylation is 2. The summed E-state index contributed by atoms with van der Waals surface area (Å²) in [4.78, 5) is 25.9. The Balaban J connectivity index is 2.39. The molecule has 2 rings (SSSR count). The van der Waals surface area contributed by atoms with E-state index in [2.05, 4.69) is 4.98 Å². The van der Waals surface area contributed by atoms with Crippen LogP contribution in [0.2, 0.25) is 0 Å². The van der Waals surface area contributed by atoms with Crippen molar-refractivity contribution in [1.29, 1.82) is 0 Å². The van der Waals surface area contributed by atoms with Crippen molar-refractivity contribution in [2.75, 3.05) is 5.75 Å². The van der Waals surface area contributed by atoms with Crippen molar-refractivity contribution >= 4 is 22.1 Å². The summed E-state index contributed by atoms with van der Waals surface area (Å²) in [6, 6.07) is 2.49. The fourth-order valence-corrected chi connectivity index (χ4v) is 2.92. The Hall–Kier alpha value is -2.79. The van der Waals surface area contributed by atoms with Gasteiger partial charge in [0.05, 0.1) is 12.3 Å². The van der Waals surface area contributed by atoms with E-state index in [0.717, 1.165) is 5.69 Å². The molecule has 3 N–H and O–H groups in total. The van der Waals surface area contributed by atoms with Crippen LogP contribution < -0.4 is 4.57 Å². The average molecular weight is 384 g/mol. The van der Waals surface area contributed by atoms with E-state index >= 15 is 0 Å². The summed E-state index contributed by atoms with van der Waals surface area (Å²) in [6.07, 6.45) is 4.11. The zero-order chi connectivity index (χ0) is 19.5. The van der Waals surface area contributed by atoms with E-state index in [1.165, 1.54) is 12.1 Å². The van der Waals surface area contributed by atoms with Crippen LogP contribution in [0.5, 0.6) is 0 Å². The van der Waals surface area contributed by atoms with Crippen molar-refractivity contribution in [2.45, 2.75) is 26.3 Å². The summed E-state index contributed by atoms with van der Waals surface area (Å²) in [7, 11) is -4.05. The lowest BCUT2D eigenvalue weighted by molar-refractivity contribution is -0.595. The fourth-order valence-electron chi connectivity index (χ4n) is 2.43. The third-order valence-corrected chi connectivity index (χ3v) is 4.44. The first-order valence-corrected chi connectivity index (χ1v) is 9.26. The molecule has 0 spiro atoms. The van der Waals surface area contributed by atoms with Gasteiger partial charge in [-0.3, -0.25) is 4.55 Å². The Labute approximate surface area is 149 Å². The Morgan fingerprint density at radius 1 is 1.19 bits per heavy atom. The molecule has 0 aromatic carbocycles. The van der Waals surface area contributed by atoms with Gasteiger partial charge < -0.3 is 10.2 Å². The number of pyridine rings is 1. The molecule has 0 aliphatic carbocycles. The maximum Gasteiger partial charge on any atom is 0.354 e. The van der Waals surface area contributed by atoms with Crippen LogP contribution in [0.15, 0.2) is 24.7 Å². The lowest BCUT2D eigenvalue weighted by atomic mass is 10.2. The second-order valence-electron chi connectivity index (χ2n) is 5.54. The van der Waals surface area contributed by atoms with Gasteiger partial charge in [0.1, 0.15) is 17.6 Å². The smallest absolute Gasteiger partial charge is 0.354 e. The molecule has 0 saturated heterocycles. The number of carboxylic acids is 2. The number of rotatable bonds is 8. The van der Waals surface area contributed by atoms with Crippen LogP contribution in [0.25, 0.3) is 5.69 Å². The molecule has 0 amide bonds. The number of aromatic carboxylic acids is 2. The van der Waals surface area contributed by atoms with Crippen molar-refractivity contribution in [2.24, 2.45) is 0 Å². The molecule has 0 radical (unpaired) electrons. The molecular formula is C15H18N3O7S+. The molecular weight excluding hydrogens is 366 g/mol. The van der Waals surface area contributed by atoms with Crippen LogP contribution in [0, 0.1) is 0 Å². The minimum atomic E-state index is -4.05. The number of carbonyl (C=O) groups is 2. The highest BCUT2D eigenvalue weighted by molar-refractivity contribution is 7.85. The molecule has 0 saturated carbocycles. The molecule has 140 valence electrons. The number of carboxylic acid groups (broad SMARTS) is 2. The maximum absolute atomic E-state index is 11.2. The van der Waals surface area contributed by atoms with Crippen LogP contribution in [0.1, 0.15) is 40.0 Å². The number of hydrogen-bond acceptors (Lipinski definition) is 5. The Kier molecular flexibility index (Phi) is 5.73. The van der Waals surface area contributed by atoms with Crippen LogP contribution in [0.4, 0.5) is 0 Å². The normalized spacial score (nSPS) is 11.5. The van der Waals surface area contributed by atoms with Gasteiger partial charge in [-0.1, -0.05) is 6.92 Å². The number of aromatic nitrogens is 3. The number of imidazole rings is 1. The average Bonchev–Trinajstić information content (AvgIpc) is 2.96. The van der Waals surface area contributed by atoms with Crippen LogP contribution in [-0.4, -0.2) is 50.4 Å². The van der Waals surface area contributed by atoms with Gasteiger partial charge in [0.15, 0.2) is 11.4 Å². The summed E-state index contributed by atoms with van der Waals surface area (Å²) in [5, 5.41) is 18.2. The van der Waals surface area contributed by atoms with Crippen LogP contribution in [-0.2, 0) is 23.1 Å². The van der Waals surface area contributed by atoms with Crippen molar-refractivity contribution in [3.8, 4) is 5.69 Å². The van der Waals surface area contributed by atoms with E-state index in [1.54, 1.807) is 21.7 Å². The first-order valence-electron chi connectivity index (χ1n) is 7.65. The first kappa shape index (κ1) is 19.5. The summed E-state index contributed by atoms with van der Waals surface area (Å²) in [5.41, 5.74) is 0.332. The molecule has 0 bridgehead atoms. The van der Waals surface area contributed by atoms with Crippen LogP contribution in [0.3, 0.4) is 0 Å². The summed E-state index contributed by atoms with van der Waals surface area (Å²) in [6.45, 7) is 2.20. The molecule has 0 unspecified atom stereocenters. The van der Waals surface area contributed by atoms with Gasteiger partial charge in [-0.25, -0.2) is 23.7 Å². The Bertz CT molecular complexity index is 918. The standard InChI is InChI=1S/C15H17N3O7S/c1-2-10-8-18(9-17(10)4-3-5-26(23,24)25)11-6-12(14(19)20)16-13(7-11)15(21)22/h6-9H,2-5H2,1H3,(H2-,19,20,21,22,23,24,25)/p+1. The van der Waals surface area contributed by atoms with Gasteiger partial charge >= 0.3 is 11.9 Å². The zero-order valence-electron chi connectivity index (χ0n) is 13.9. The molecule has 2 aromatic heterocycles. The van der Waals surface area contributed by atoms with Crippen molar-refractivity contribution in [3.05, 3.63) is 41.7 Å². The zero-order valence-corrected chi connectivity index (χ0v) is 14.7. The molecule has 26 heavy (non-hydrogen) atoms. The Morgan fingerprint density at radius 3 is 2.23 bits per heavy atom. The van der Waals surface area contributed by atoms with Gasteiger partial charge in [-0.2, -0.15) is 8.42 Å². The number of hydrogen-bond donors (Lipinski definition) is 3. The quantitative estimate of drug-likeness (QED) is 0.437. The minimum absolute atomic E-state index is 0.192. The van der Waals surface area contributed by atoms with Gasteiger partial charge in [-0.15, -0.1) is 0 Å². The van der Waals surface area contributed by atoms with Crippen molar-refractivity contribution < 1.29 is 37.3 Å². The highest BCUT2D eigenvalue weighted by atomic mass is 32.2. The third-order valence-electron chi connectivity index (χ3n) is 3.63. The number of nitrogens with zero attached hydrogens (tertiary/aromatic N) is 3. The highest BCUT2D eigenvalue weighted by Gasteiger charge is 2.19. The predicted molar refractivity (Wildman–Crippen MR) is 88.1 cm³/mol. The molecule has 0 fully saturated rings. The highest BCUT2D eigenvalue weighted by Crippen LogP contribution is 2.10. The van der Waals surface area contributed by atoms with E-state index < -0.39 is 33.4 Å². The Morgan fingerprint density at radius 2 is 1.77 bits per heavy atom. The monoisotopic (exact) mass is 384 g/mol. The van der Waals surface area contributed by atoms with Gasteiger partial charge in [0.2, 0.25) is 6.33 Å². The maximum atomic E-state index is 11.2. The lowest BCUT2D eigenvalue weighted by Crippen LogP contribution is -2.29. The van der Waals surface area contributed by atoms with Gasteiger partial charge in [-0.05, 0) is 0 Å². The summed E-state index contributed by atoms with van der Waals surface area (Å²) in [5.74, 6) is -3.08. The minimum Gasteiger partial charge on any atom is -0.477 e. The second-order valence-corrected chi connectivity index (χ2v) is 7.11. The summed E-state index contributed by atoms with van der Waals surface area (Å²) < 4.78 is 33.8. The second kappa shape index (κ2) is 7.62. The van der Waals surface area contributed by atoms with Crippen molar-refractivity contribution in [3.63, 3.8) is 0 Å². The molecule has 10 nitrogen and oxygen atoms in total. The molecule has 0 aliphatic heterocycles. The SMILES string of the molecule is CCc1c[n+](-c2cc(C(=O)O)nc(C(=O)O)c2)cn1CCCS(=O)(=O)O. The fraction of sp³-hybridized carbons (Fsp3) is 0.333. The molecule has 0 aliphatic rings. The van der Waals surface area contributed by atoms with Gasteiger partial charge in [0.25, 0.3) is 10.1 Å².